The molecular weight excluding hydrogens is 364 g/mol. The quantitative estimate of drug-likeness (QED) is 0.711. The first-order chi connectivity index (χ1) is 12.8. The minimum absolute atomic E-state index is 0.0711. The number of rotatable bonds is 3. The van der Waals surface area contributed by atoms with Crippen LogP contribution in [0.1, 0.15) is 39.3 Å². The van der Waals surface area contributed by atoms with Crippen LogP contribution in [0.15, 0.2) is 48.7 Å². The summed E-state index contributed by atoms with van der Waals surface area (Å²) in [5, 5.41) is 0.511. The Morgan fingerprint density at radius 3 is 2.44 bits per heavy atom. The highest BCUT2D eigenvalue weighted by molar-refractivity contribution is 6.30. The van der Waals surface area contributed by atoms with Crippen LogP contribution in [0.2, 0.25) is 5.02 Å². The summed E-state index contributed by atoms with van der Waals surface area (Å²) < 4.78 is 5.37. The number of nitrogens with zero attached hydrogens (tertiary/aromatic N) is 2. The molecule has 1 aromatic carbocycles. The number of pyridine rings is 1. The van der Waals surface area contributed by atoms with Crippen molar-refractivity contribution in [1.82, 2.24) is 4.98 Å². The zero-order chi connectivity index (χ0) is 19.9. The van der Waals surface area contributed by atoms with E-state index < -0.39 is 17.6 Å². The van der Waals surface area contributed by atoms with Crippen LogP contribution in [0, 0.1) is 11.8 Å². The van der Waals surface area contributed by atoms with Crippen molar-refractivity contribution < 1.29 is 14.3 Å². The summed E-state index contributed by atoms with van der Waals surface area (Å²) in [6.07, 6.45) is 1.29. The molecule has 0 saturated heterocycles. The van der Waals surface area contributed by atoms with Gasteiger partial charge in [0.1, 0.15) is 11.3 Å². The third-order valence-corrected chi connectivity index (χ3v) is 3.51. The zero-order valence-corrected chi connectivity index (χ0v) is 16.3. The number of imide groups is 1. The number of hydrogen-bond donors (Lipinski definition) is 0. The molecule has 0 aliphatic heterocycles. The number of hydrogen-bond acceptors (Lipinski definition) is 4. The average molecular weight is 385 g/mol. The first-order valence-electron chi connectivity index (χ1n) is 8.48. The first kappa shape index (κ1) is 20.5. The number of ether oxygens (including phenoxy) is 1. The lowest BCUT2D eigenvalue weighted by atomic mass is 10.2. The molecule has 0 aliphatic rings. The average Bonchev–Trinajstić information content (AvgIpc) is 2.60. The summed E-state index contributed by atoms with van der Waals surface area (Å²) in [4.78, 5) is 30.3. The summed E-state index contributed by atoms with van der Waals surface area (Å²) in [7, 11) is 0. The minimum Gasteiger partial charge on any atom is -0.443 e. The molecule has 0 saturated carbocycles. The monoisotopic (exact) mass is 384 g/mol. The first-order valence-corrected chi connectivity index (χ1v) is 8.85. The van der Waals surface area contributed by atoms with Crippen LogP contribution < -0.4 is 4.90 Å². The molecule has 2 rings (SSSR count). The summed E-state index contributed by atoms with van der Waals surface area (Å²) in [6.45, 7) is 5.23. The lowest BCUT2D eigenvalue weighted by molar-refractivity contribution is -0.118. The number of carbonyl (C=O) groups excluding carboxylic acids is 2. The van der Waals surface area contributed by atoms with Crippen molar-refractivity contribution in [3.63, 3.8) is 0 Å². The topological polar surface area (TPSA) is 59.5 Å². The van der Waals surface area contributed by atoms with E-state index in [1.807, 2.05) is 6.07 Å². The van der Waals surface area contributed by atoms with Crippen molar-refractivity contribution in [3.8, 4) is 11.8 Å². The Hall–Kier alpha value is -2.84. The van der Waals surface area contributed by atoms with Crippen LogP contribution in [0.5, 0.6) is 0 Å². The van der Waals surface area contributed by atoms with E-state index in [0.29, 0.717) is 22.8 Å². The van der Waals surface area contributed by atoms with E-state index in [9.17, 15) is 9.59 Å². The lowest BCUT2D eigenvalue weighted by Gasteiger charge is -2.26. The second-order valence-electron chi connectivity index (χ2n) is 6.70. The second-order valence-corrected chi connectivity index (χ2v) is 7.14. The molecule has 0 radical (unpaired) electrons. The van der Waals surface area contributed by atoms with E-state index in [4.69, 9.17) is 16.3 Å². The Morgan fingerprint density at radius 1 is 1.15 bits per heavy atom. The number of halogens is 1. The van der Waals surface area contributed by atoms with Crippen LogP contribution in [0.3, 0.4) is 0 Å². The highest BCUT2D eigenvalue weighted by Crippen LogP contribution is 2.22. The normalized spacial score (nSPS) is 10.5. The Kier molecular flexibility index (Phi) is 6.98. The maximum atomic E-state index is 12.7. The lowest BCUT2D eigenvalue weighted by Crippen LogP contribution is -2.41. The van der Waals surface area contributed by atoms with Gasteiger partial charge in [0.2, 0.25) is 5.91 Å². The summed E-state index contributed by atoms with van der Waals surface area (Å²) in [6, 6.07) is 11.9. The predicted octanol–water partition coefficient (Wildman–Crippen LogP) is 4.84. The maximum Gasteiger partial charge on any atom is 0.421 e. The van der Waals surface area contributed by atoms with Crippen LogP contribution in [-0.2, 0) is 9.53 Å². The van der Waals surface area contributed by atoms with Gasteiger partial charge in [0.25, 0.3) is 0 Å². The summed E-state index contributed by atoms with van der Waals surface area (Å²) >= 11 is 5.90. The molecule has 2 amide bonds. The van der Waals surface area contributed by atoms with Crippen LogP contribution >= 0.6 is 11.6 Å². The predicted molar refractivity (Wildman–Crippen MR) is 106 cm³/mol. The van der Waals surface area contributed by atoms with Gasteiger partial charge in [-0.2, -0.15) is 0 Å². The standard InChI is InChI=1S/C21H21ClN2O3/c1-21(2,3)27-20(26)24(18-13-11-16(22)12-14-18)19(25)10-5-4-8-17-9-6-7-15-23-17/h6-7,9,11-15H,5,10H2,1-3H3. The SMILES string of the molecule is CC(C)(C)OC(=O)N(C(=O)CCC#Cc1ccccn1)c1ccc(Cl)cc1. The fourth-order valence-electron chi connectivity index (χ4n) is 2.12. The van der Waals surface area contributed by atoms with Crippen molar-refractivity contribution in [2.24, 2.45) is 0 Å². The molecule has 0 fully saturated rings. The van der Waals surface area contributed by atoms with E-state index in [2.05, 4.69) is 16.8 Å². The number of benzene rings is 1. The third-order valence-electron chi connectivity index (χ3n) is 3.26. The number of aromatic nitrogens is 1. The Morgan fingerprint density at radius 2 is 1.85 bits per heavy atom. The van der Waals surface area contributed by atoms with Crippen molar-refractivity contribution in [1.29, 1.82) is 0 Å². The second kappa shape index (κ2) is 9.20. The Bertz CT molecular complexity index is 847. The molecule has 1 heterocycles. The molecule has 2 aromatic rings. The van der Waals surface area contributed by atoms with Crippen LogP contribution in [0.4, 0.5) is 10.5 Å². The molecule has 6 heteroatoms. The molecule has 0 spiro atoms. The van der Waals surface area contributed by atoms with Gasteiger partial charge in [0.05, 0.1) is 5.69 Å². The molecule has 27 heavy (non-hydrogen) atoms. The smallest absolute Gasteiger partial charge is 0.421 e. The Balaban J connectivity index is 2.12. The number of amides is 2. The van der Waals surface area contributed by atoms with Crippen LogP contribution in [-0.4, -0.2) is 22.6 Å². The van der Waals surface area contributed by atoms with Gasteiger partial charge in [-0.3, -0.25) is 4.79 Å². The van der Waals surface area contributed by atoms with E-state index >= 15 is 0 Å². The fourth-order valence-corrected chi connectivity index (χ4v) is 2.25. The van der Waals surface area contributed by atoms with Gasteiger partial charge in [-0.25, -0.2) is 14.7 Å². The van der Waals surface area contributed by atoms with E-state index in [1.54, 1.807) is 63.4 Å². The maximum absolute atomic E-state index is 12.7. The number of carbonyl (C=O) groups is 2. The molecule has 1 aromatic heterocycles. The minimum atomic E-state index is -0.729. The summed E-state index contributed by atoms with van der Waals surface area (Å²) in [5.74, 6) is 5.39. The fraction of sp³-hybridized carbons (Fsp3) is 0.286. The third kappa shape index (κ3) is 6.76. The highest BCUT2D eigenvalue weighted by Gasteiger charge is 2.28. The van der Waals surface area contributed by atoms with Crippen LogP contribution in [0.25, 0.3) is 0 Å². The zero-order valence-electron chi connectivity index (χ0n) is 15.5. The molecule has 0 unspecified atom stereocenters. The molecule has 0 atom stereocenters. The van der Waals surface area contributed by atoms with E-state index in [1.165, 1.54) is 0 Å². The molecule has 140 valence electrons. The van der Waals surface area contributed by atoms with Gasteiger partial charge >= 0.3 is 6.09 Å². The number of anilines is 1. The van der Waals surface area contributed by atoms with Gasteiger partial charge in [-0.05, 0) is 63.1 Å². The van der Waals surface area contributed by atoms with E-state index in [-0.39, 0.29) is 6.42 Å². The van der Waals surface area contributed by atoms with Crippen molar-refractivity contribution in [2.75, 3.05) is 4.90 Å². The van der Waals surface area contributed by atoms with E-state index in [0.717, 1.165) is 4.90 Å². The molecule has 0 aliphatic carbocycles. The van der Waals surface area contributed by atoms with Gasteiger partial charge in [0.15, 0.2) is 0 Å². The van der Waals surface area contributed by atoms with Gasteiger partial charge < -0.3 is 4.74 Å². The molecular formula is C21H21ClN2O3. The van der Waals surface area contributed by atoms with Gasteiger partial charge in [0, 0.05) is 24.1 Å². The highest BCUT2D eigenvalue weighted by atomic mass is 35.5. The largest absolute Gasteiger partial charge is 0.443 e. The molecule has 5 nitrogen and oxygen atoms in total. The van der Waals surface area contributed by atoms with Crippen molar-refractivity contribution >= 4 is 29.3 Å². The van der Waals surface area contributed by atoms with Crippen molar-refractivity contribution in [2.45, 2.75) is 39.2 Å². The van der Waals surface area contributed by atoms with Gasteiger partial charge in [-0.15, -0.1) is 0 Å². The van der Waals surface area contributed by atoms with Crippen molar-refractivity contribution in [3.05, 3.63) is 59.4 Å². The Labute approximate surface area is 164 Å². The molecule has 0 N–H and O–H groups in total. The van der Waals surface area contributed by atoms with Gasteiger partial charge in [-0.1, -0.05) is 23.6 Å². The summed E-state index contributed by atoms with van der Waals surface area (Å²) in [5.41, 5.74) is 0.309. The molecule has 0 bridgehead atoms.